The minimum atomic E-state index is 0.00901. The van der Waals surface area contributed by atoms with Crippen molar-refractivity contribution in [1.82, 2.24) is 15.1 Å². The molecule has 20 heavy (non-hydrogen) atoms. The molecule has 0 fully saturated rings. The lowest BCUT2D eigenvalue weighted by Gasteiger charge is -2.18. The summed E-state index contributed by atoms with van der Waals surface area (Å²) >= 11 is 0. The van der Waals surface area contributed by atoms with Gasteiger partial charge in [0.1, 0.15) is 5.75 Å². The summed E-state index contributed by atoms with van der Waals surface area (Å²) in [6, 6.07) is 7.52. The van der Waals surface area contributed by atoms with Gasteiger partial charge in [-0.05, 0) is 45.4 Å². The maximum Gasteiger partial charge on any atom is 0.115 e. The van der Waals surface area contributed by atoms with Crippen molar-refractivity contribution in [1.29, 1.82) is 0 Å². The zero-order chi connectivity index (χ0) is 14.8. The standard InChI is InChI=1S/C16H23N3O/c1-12(14-6-5-7-15(20)8-14)17-9-13-10-18-19(11-13)16(2,3)4/h5-8,10-12,17,20H,9H2,1-4H3. The van der Waals surface area contributed by atoms with Crippen molar-refractivity contribution in [3.63, 3.8) is 0 Å². The summed E-state index contributed by atoms with van der Waals surface area (Å²) in [6.45, 7) is 9.24. The molecule has 0 radical (unpaired) electrons. The van der Waals surface area contributed by atoms with Crippen LogP contribution in [0.5, 0.6) is 5.75 Å². The van der Waals surface area contributed by atoms with Crippen LogP contribution in [0.4, 0.5) is 0 Å². The molecule has 0 aliphatic carbocycles. The van der Waals surface area contributed by atoms with Gasteiger partial charge in [-0.3, -0.25) is 4.68 Å². The normalized spacial score (nSPS) is 13.4. The minimum absolute atomic E-state index is 0.00901. The van der Waals surface area contributed by atoms with Crippen molar-refractivity contribution in [2.24, 2.45) is 0 Å². The van der Waals surface area contributed by atoms with Crippen LogP contribution in [0.1, 0.15) is 44.9 Å². The number of phenolic OH excluding ortho intramolecular Hbond substituents is 1. The molecule has 0 spiro atoms. The fourth-order valence-corrected chi connectivity index (χ4v) is 2.00. The second kappa shape index (κ2) is 5.67. The molecule has 0 amide bonds. The van der Waals surface area contributed by atoms with Crippen molar-refractivity contribution < 1.29 is 5.11 Å². The van der Waals surface area contributed by atoms with Crippen molar-refractivity contribution >= 4 is 0 Å². The minimum Gasteiger partial charge on any atom is -0.508 e. The molecule has 0 saturated heterocycles. The summed E-state index contributed by atoms with van der Waals surface area (Å²) in [6.07, 6.45) is 3.97. The first-order valence-corrected chi connectivity index (χ1v) is 6.92. The molecule has 1 aromatic heterocycles. The highest BCUT2D eigenvalue weighted by Crippen LogP contribution is 2.18. The Kier molecular flexibility index (Phi) is 4.14. The molecule has 108 valence electrons. The smallest absolute Gasteiger partial charge is 0.115 e. The molecule has 1 atom stereocenters. The largest absolute Gasteiger partial charge is 0.508 e. The first-order valence-electron chi connectivity index (χ1n) is 6.92. The number of benzene rings is 1. The van der Waals surface area contributed by atoms with Crippen LogP contribution in [0.3, 0.4) is 0 Å². The number of phenols is 1. The van der Waals surface area contributed by atoms with E-state index < -0.39 is 0 Å². The highest BCUT2D eigenvalue weighted by atomic mass is 16.3. The van der Waals surface area contributed by atoms with Gasteiger partial charge in [0.15, 0.2) is 0 Å². The number of nitrogens with zero attached hydrogens (tertiary/aromatic N) is 2. The van der Waals surface area contributed by atoms with Crippen molar-refractivity contribution in [2.75, 3.05) is 0 Å². The summed E-state index contributed by atoms with van der Waals surface area (Å²) < 4.78 is 1.98. The zero-order valence-corrected chi connectivity index (χ0v) is 12.6. The fraction of sp³-hybridized carbons (Fsp3) is 0.438. The predicted octanol–water partition coefficient (Wildman–Crippen LogP) is 3.19. The number of nitrogens with one attached hydrogen (secondary N) is 1. The molecule has 1 aromatic carbocycles. The average Bonchev–Trinajstić information content (AvgIpc) is 2.84. The van der Waals surface area contributed by atoms with E-state index in [1.165, 1.54) is 0 Å². The average molecular weight is 273 g/mol. The number of hydrogen-bond acceptors (Lipinski definition) is 3. The molecule has 0 bridgehead atoms. The molecular weight excluding hydrogens is 250 g/mol. The highest BCUT2D eigenvalue weighted by molar-refractivity contribution is 5.29. The molecule has 0 saturated carbocycles. The van der Waals surface area contributed by atoms with Gasteiger partial charge < -0.3 is 10.4 Å². The van der Waals surface area contributed by atoms with Crippen LogP contribution >= 0.6 is 0 Å². The van der Waals surface area contributed by atoms with E-state index in [-0.39, 0.29) is 11.6 Å². The van der Waals surface area contributed by atoms with E-state index in [1.54, 1.807) is 12.1 Å². The fourth-order valence-electron chi connectivity index (χ4n) is 2.00. The SMILES string of the molecule is CC(NCc1cnn(C(C)(C)C)c1)c1cccc(O)c1. The van der Waals surface area contributed by atoms with E-state index in [4.69, 9.17) is 0 Å². The van der Waals surface area contributed by atoms with Crippen molar-refractivity contribution in [3.8, 4) is 5.75 Å². The Morgan fingerprint density at radius 1 is 1.35 bits per heavy atom. The van der Waals surface area contributed by atoms with Gasteiger partial charge in [-0.15, -0.1) is 0 Å². The molecule has 0 aliphatic rings. The maximum absolute atomic E-state index is 9.50. The Bertz CT molecular complexity index is 569. The highest BCUT2D eigenvalue weighted by Gasteiger charge is 2.14. The monoisotopic (exact) mass is 273 g/mol. The van der Waals surface area contributed by atoms with Gasteiger partial charge in [0.25, 0.3) is 0 Å². The van der Waals surface area contributed by atoms with Crippen LogP contribution in [-0.2, 0) is 12.1 Å². The zero-order valence-electron chi connectivity index (χ0n) is 12.6. The lowest BCUT2D eigenvalue weighted by Crippen LogP contribution is -2.22. The van der Waals surface area contributed by atoms with Gasteiger partial charge >= 0.3 is 0 Å². The molecule has 2 N–H and O–H groups in total. The quantitative estimate of drug-likeness (QED) is 0.899. The van der Waals surface area contributed by atoms with E-state index in [0.717, 1.165) is 17.7 Å². The third-order valence-corrected chi connectivity index (χ3v) is 3.31. The number of hydrogen-bond donors (Lipinski definition) is 2. The van der Waals surface area contributed by atoms with E-state index in [9.17, 15) is 5.11 Å². The van der Waals surface area contributed by atoms with Gasteiger partial charge in [-0.1, -0.05) is 12.1 Å². The van der Waals surface area contributed by atoms with Crippen LogP contribution in [0, 0.1) is 0 Å². The lowest BCUT2D eigenvalue weighted by molar-refractivity contribution is 0.355. The Morgan fingerprint density at radius 2 is 2.10 bits per heavy atom. The predicted molar refractivity (Wildman–Crippen MR) is 80.6 cm³/mol. The second-order valence-electron chi connectivity index (χ2n) is 6.16. The van der Waals surface area contributed by atoms with E-state index >= 15 is 0 Å². The molecule has 1 heterocycles. The summed E-state index contributed by atoms with van der Waals surface area (Å²) in [5.41, 5.74) is 2.25. The van der Waals surface area contributed by atoms with E-state index in [1.807, 2.05) is 23.0 Å². The van der Waals surface area contributed by atoms with Gasteiger partial charge in [0.2, 0.25) is 0 Å². The first-order chi connectivity index (χ1) is 9.36. The first kappa shape index (κ1) is 14.6. The maximum atomic E-state index is 9.50. The van der Waals surface area contributed by atoms with Gasteiger partial charge in [-0.25, -0.2) is 0 Å². The summed E-state index contributed by atoms with van der Waals surface area (Å²) in [5.74, 6) is 0.303. The van der Waals surface area contributed by atoms with Crippen LogP contribution in [0.15, 0.2) is 36.7 Å². The Balaban J connectivity index is 1.97. The topological polar surface area (TPSA) is 50.1 Å². The Hall–Kier alpha value is -1.81. The van der Waals surface area contributed by atoms with E-state index in [0.29, 0.717) is 5.75 Å². The third kappa shape index (κ3) is 3.61. The third-order valence-electron chi connectivity index (χ3n) is 3.31. The summed E-state index contributed by atoms with van der Waals surface area (Å²) in [7, 11) is 0. The molecule has 0 aliphatic heterocycles. The number of aromatic nitrogens is 2. The lowest BCUT2D eigenvalue weighted by atomic mass is 10.1. The van der Waals surface area contributed by atoms with Crippen LogP contribution in [-0.4, -0.2) is 14.9 Å². The second-order valence-corrected chi connectivity index (χ2v) is 6.16. The number of aromatic hydroxyl groups is 1. The van der Waals surface area contributed by atoms with Gasteiger partial charge in [0.05, 0.1) is 11.7 Å². The Morgan fingerprint density at radius 3 is 2.70 bits per heavy atom. The van der Waals surface area contributed by atoms with Gasteiger partial charge in [0, 0.05) is 24.3 Å². The van der Waals surface area contributed by atoms with Crippen LogP contribution in [0.2, 0.25) is 0 Å². The summed E-state index contributed by atoms with van der Waals surface area (Å²) in [5, 5.41) is 17.3. The molecule has 2 rings (SSSR count). The van der Waals surface area contributed by atoms with Crippen molar-refractivity contribution in [3.05, 3.63) is 47.8 Å². The van der Waals surface area contributed by atoms with Crippen LogP contribution in [0.25, 0.3) is 0 Å². The molecule has 4 heteroatoms. The molecule has 1 unspecified atom stereocenters. The molecular formula is C16H23N3O. The molecule has 4 nitrogen and oxygen atoms in total. The number of rotatable bonds is 4. The van der Waals surface area contributed by atoms with Crippen LogP contribution < -0.4 is 5.32 Å². The summed E-state index contributed by atoms with van der Waals surface area (Å²) in [4.78, 5) is 0. The van der Waals surface area contributed by atoms with Gasteiger partial charge in [-0.2, -0.15) is 5.10 Å². The van der Waals surface area contributed by atoms with Crippen molar-refractivity contribution in [2.45, 2.75) is 45.8 Å². The molecule has 2 aromatic rings. The van der Waals surface area contributed by atoms with E-state index in [2.05, 4.69) is 44.3 Å². The Labute approximate surface area is 120 Å².